The van der Waals surface area contributed by atoms with Crippen LogP contribution in [0.5, 0.6) is 0 Å². The van der Waals surface area contributed by atoms with E-state index in [1.807, 2.05) is 27.7 Å². The van der Waals surface area contributed by atoms with Crippen molar-refractivity contribution in [2.45, 2.75) is 56.9 Å². The van der Waals surface area contributed by atoms with Crippen LogP contribution in [0.15, 0.2) is 29.2 Å². The van der Waals surface area contributed by atoms with Crippen molar-refractivity contribution in [3.05, 3.63) is 29.8 Å². The van der Waals surface area contributed by atoms with Gasteiger partial charge >= 0.3 is 0 Å². The third-order valence-corrected chi connectivity index (χ3v) is 5.49. The van der Waals surface area contributed by atoms with Gasteiger partial charge in [0.1, 0.15) is 6.10 Å². The average Bonchev–Trinajstić information content (AvgIpc) is 2.91. The van der Waals surface area contributed by atoms with Crippen LogP contribution in [0.3, 0.4) is 0 Å². The number of fused-ring (bicyclic) bond motifs is 1. The maximum Gasteiger partial charge on any atom is 0.297 e. The van der Waals surface area contributed by atoms with Crippen LogP contribution in [0.4, 0.5) is 0 Å². The molecule has 2 saturated heterocycles. The Morgan fingerprint density at radius 1 is 1.17 bits per heavy atom. The van der Waals surface area contributed by atoms with E-state index in [1.165, 1.54) is 12.1 Å². The molecule has 3 rings (SSSR count). The fraction of sp³-hybridized carbons (Fsp3) is 0.625. The molecule has 1 aromatic carbocycles. The highest BCUT2D eigenvalue weighted by atomic mass is 32.2. The fourth-order valence-corrected chi connectivity index (χ4v) is 3.77. The van der Waals surface area contributed by atoms with Gasteiger partial charge in [-0.2, -0.15) is 8.42 Å². The van der Waals surface area contributed by atoms with E-state index in [0.29, 0.717) is 0 Å². The number of rotatable bonds is 4. The molecular formula is C16H22O6S. The van der Waals surface area contributed by atoms with Gasteiger partial charge in [-0.1, -0.05) is 24.6 Å². The molecule has 2 aliphatic heterocycles. The predicted octanol–water partition coefficient (Wildman–Crippen LogP) is 2.21. The molecular weight excluding hydrogens is 320 g/mol. The first-order valence-corrected chi connectivity index (χ1v) is 9.06. The quantitative estimate of drug-likeness (QED) is 0.781. The minimum atomic E-state index is -3.80. The summed E-state index contributed by atoms with van der Waals surface area (Å²) >= 11 is 0. The van der Waals surface area contributed by atoms with Crippen molar-refractivity contribution in [2.75, 3.05) is 6.61 Å². The minimum Gasteiger partial charge on any atom is -0.344 e. The van der Waals surface area contributed by atoms with Crippen molar-refractivity contribution < 1.29 is 26.8 Å². The van der Waals surface area contributed by atoms with Gasteiger partial charge in [-0.05, 0) is 32.9 Å². The lowest BCUT2D eigenvalue weighted by molar-refractivity contribution is -0.211. The third kappa shape index (κ3) is 3.44. The first-order chi connectivity index (χ1) is 10.7. The van der Waals surface area contributed by atoms with E-state index in [9.17, 15) is 8.42 Å². The molecule has 4 atom stereocenters. The van der Waals surface area contributed by atoms with Crippen molar-refractivity contribution in [1.82, 2.24) is 0 Å². The summed E-state index contributed by atoms with van der Waals surface area (Å²) in [6.45, 7) is 7.44. The number of hydrogen-bond donors (Lipinski definition) is 0. The molecule has 2 heterocycles. The Bertz CT molecular complexity index is 666. The molecule has 6 nitrogen and oxygen atoms in total. The zero-order valence-electron chi connectivity index (χ0n) is 13.7. The molecule has 0 radical (unpaired) electrons. The third-order valence-electron chi connectivity index (χ3n) is 4.20. The number of aryl methyl sites for hydroxylation is 1. The van der Waals surface area contributed by atoms with E-state index in [0.717, 1.165) is 5.56 Å². The maximum atomic E-state index is 12.2. The van der Waals surface area contributed by atoms with Gasteiger partial charge in [0.05, 0.1) is 17.6 Å². The predicted molar refractivity (Wildman–Crippen MR) is 82.2 cm³/mol. The van der Waals surface area contributed by atoms with Gasteiger partial charge in [0.15, 0.2) is 12.1 Å². The van der Waals surface area contributed by atoms with Crippen molar-refractivity contribution in [3.8, 4) is 0 Å². The summed E-state index contributed by atoms with van der Waals surface area (Å²) in [4.78, 5) is 0.141. The molecule has 0 amide bonds. The molecule has 0 aromatic heterocycles. The van der Waals surface area contributed by atoms with Gasteiger partial charge in [0, 0.05) is 5.92 Å². The molecule has 0 bridgehead atoms. The molecule has 1 aromatic rings. The molecule has 23 heavy (non-hydrogen) atoms. The number of benzene rings is 1. The molecule has 0 aliphatic carbocycles. The standard InChI is InChI=1S/C16H22O6S/c1-10-5-7-12(8-6-10)23(17,18)19-9-13-11(2)14-15(20-13)22-16(3,4)21-14/h5-8,11,13-15H,9H2,1-4H3. The average molecular weight is 342 g/mol. The van der Waals surface area contributed by atoms with Gasteiger partial charge in [-0.3, -0.25) is 4.18 Å². The van der Waals surface area contributed by atoms with Crippen molar-refractivity contribution in [3.63, 3.8) is 0 Å². The first kappa shape index (κ1) is 16.9. The van der Waals surface area contributed by atoms with Crippen LogP contribution in [0.25, 0.3) is 0 Å². The van der Waals surface area contributed by atoms with E-state index >= 15 is 0 Å². The van der Waals surface area contributed by atoms with E-state index < -0.39 is 22.2 Å². The lowest BCUT2D eigenvalue weighted by Gasteiger charge is -2.23. The summed E-state index contributed by atoms with van der Waals surface area (Å²) in [5, 5.41) is 0. The van der Waals surface area contributed by atoms with Crippen molar-refractivity contribution >= 4 is 10.1 Å². The number of hydrogen-bond acceptors (Lipinski definition) is 6. The van der Waals surface area contributed by atoms with E-state index in [1.54, 1.807) is 12.1 Å². The van der Waals surface area contributed by atoms with Crippen LogP contribution in [-0.2, 0) is 28.5 Å². The summed E-state index contributed by atoms with van der Waals surface area (Å²) in [6, 6.07) is 6.54. The smallest absolute Gasteiger partial charge is 0.297 e. The second-order valence-electron chi connectivity index (χ2n) is 6.55. The second-order valence-corrected chi connectivity index (χ2v) is 8.17. The summed E-state index contributed by atoms with van der Waals surface area (Å²) in [5.41, 5.74) is 0.987. The monoisotopic (exact) mass is 342 g/mol. The van der Waals surface area contributed by atoms with Crippen LogP contribution in [0.2, 0.25) is 0 Å². The van der Waals surface area contributed by atoms with Gasteiger partial charge in [-0.25, -0.2) is 0 Å². The largest absolute Gasteiger partial charge is 0.344 e. The SMILES string of the molecule is Cc1ccc(S(=O)(=O)OCC2OC3OC(C)(C)OC3C2C)cc1. The van der Waals surface area contributed by atoms with Gasteiger partial charge in [0.2, 0.25) is 0 Å². The van der Waals surface area contributed by atoms with Crippen LogP contribution in [-0.4, -0.2) is 39.3 Å². The summed E-state index contributed by atoms with van der Waals surface area (Å²) in [6.07, 6.45) is -1.07. The molecule has 4 unspecified atom stereocenters. The summed E-state index contributed by atoms with van der Waals surface area (Å²) in [5.74, 6) is -0.696. The Hall–Kier alpha value is -0.990. The van der Waals surface area contributed by atoms with Gasteiger partial charge in [0.25, 0.3) is 10.1 Å². The Balaban J connectivity index is 1.62. The molecule has 2 aliphatic rings. The highest BCUT2D eigenvalue weighted by Gasteiger charge is 2.53. The van der Waals surface area contributed by atoms with Gasteiger partial charge < -0.3 is 14.2 Å². The van der Waals surface area contributed by atoms with Crippen molar-refractivity contribution in [1.29, 1.82) is 0 Å². The second kappa shape index (κ2) is 5.82. The molecule has 0 N–H and O–H groups in total. The molecule has 0 spiro atoms. The minimum absolute atomic E-state index is 0.0185. The summed E-state index contributed by atoms with van der Waals surface area (Å²) in [7, 11) is -3.80. The molecule has 0 saturated carbocycles. The number of ether oxygens (including phenoxy) is 3. The van der Waals surface area contributed by atoms with E-state index in [2.05, 4.69) is 0 Å². The van der Waals surface area contributed by atoms with Crippen LogP contribution >= 0.6 is 0 Å². The zero-order valence-corrected chi connectivity index (χ0v) is 14.5. The maximum absolute atomic E-state index is 12.2. The highest BCUT2D eigenvalue weighted by Crippen LogP contribution is 2.40. The van der Waals surface area contributed by atoms with Gasteiger partial charge in [-0.15, -0.1) is 0 Å². The summed E-state index contributed by atoms with van der Waals surface area (Å²) < 4.78 is 46.8. The Morgan fingerprint density at radius 3 is 2.43 bits per heavy atom. The molecule has 2 fully saturated rings. The topological polar surface area (TPSA) is 71.1 Å². The van der Waals surface area contributed by atoms with Crippen molar-refractivity contribution in [2.24, 2.45) is 5.92 Å². The van der Waals surface area contributed by atoms with Crippen LogP contribution in [0.1, 0.15) is 26.3 Å². The Kier molecular flexibility index (Phi) is 4.27. The lowest BCUT2D eigenvalue weighted by Crippen LogP contribution is -2.31. The molecule has 128 valence electrons. The van der Waals surface area contributed by atoms with Crippen LogP contribution in [0, 0.1) is 12.8 Å². The Morgan fingerprint density at radius 2 is 1.83 bits per heavy atom. The fourth-order valence-electron chi connectivity index (χ4n) is 2.85. The molecule has 7 heteroatoms. The zero-order chi connectivity index (χ0) is 16.8. The normalized spacial score (nSPS) is 32.9. The van der Waals surface area contributed by atoms with E-state index in [4.69, 9.17) is 18.4 Å². The first-order valence-electron chi connectivity index (χ1n) is 7.65. The van der Waals surface area contributed by atoms with E-state index in [-0.39, 0.29) is 29.6 Å². The highest BCUT2D eigenvalue weighted by molar-refractivity contribution is 7.86. The lowest BCUT2D eigenvalue weighted by atomic mass is 10.0. The Labute approximate surface area is 136 Å². The van der Waals surface area contributed by atoms with Crippen LogP contribution < -0.4 is 0 Å².